The van der Waals surface area contributed by atoms with Crippen LogP contribution in [0.3, 0.4) is 0 Å². The largest absolute Gasteiger partial charge is 0.382 e. The molecule has 0 atom stereocenters. The highest BCUT2D eigenvalue weighted by molar-refractivity contribution is 5.82. The molecule has 0 spiro atoms. The molecule has 17 heavy (non-hydrogen) atoms. The number of fused-ring (bicyclic) bond motifs is 1. The summed E-state index contributed by atoms with van der Waals surface area (Å²) in [6.45, 7) is 2.24. The van der Waals surface area contributed by atoms with Crippen molar-refractivity contribution < 1.29 is 0 Å². The molecule has 1 aromatic carbocycles. The highest BCUT2D eigenvalue weighted by Crippen LogP contribution is 2.19. The topological polar surface area (TPSA) is 37.0 Å². The van der Waals surface area contributed by atoms with Crippen molar-refractivity contribution in [3.63, 3.8) is 0 Å². The summed E-state index contributed by atoms with van der Waals surface area (Å²) in [6, 6.07) is 11.1. The summed E-state index contributed by atoms with van der Waals surface area (Å²) in [5, 5.41) is 8.19. The van der Waals surface area contributed by atoms with Crippen molar-refractivity contribution in [2.45, 2.75) is 18.9 Å². The Kier molecular flexibility index (Phi) is 2.92. The molecule has 0 aliphatic carbocycles. The fourth-order valence-electron chi connectivity index (χ4n) is 2.37. The first-order chi connectivity index (χ1) is 8.42. The van der Waals surface area contributed by atoms with Gasteiger partial charge < -0.3 is 10.6 Å². The second-order valence-corrected chi connectivity index (χ2v) is 4.58. The molecule has 2 N–H and O–H groups in total. The monoisotopic (exact) mass is 227 g/mol. The maximum atomic E-state index is 4.33. The molecule has 0 unspecified atom stereocenters. The normalized spacial score (nSPS) is 17.2. The molecule has 2 heterocycles. The maximum Gasteiger partial charge on any atom is 0.0703 e. The highest BCUT2D eigenvalue weighted by atomic mass is 15.0. The molecule has 1 saturated heterocycles. The second kappa shape index (κ2) is 4.72. The van der Waals surface area contributed by atoms with Crippen LogP contribution in [0.25, 0.3) is 10.9 Å². The van der Waals surface area contributed by atoms with E-state index in [0.717, 1.165) is 18.6 Å². The Hall–Kier alpha value is -1.61. The first-order valence-electron chi connectivity index (χ1n) is 6.24. The van der Waals surface area contributed by atoms with E-state index in [1.165, 1.54) is 23.9 Å². The van der Waals surface area contributed by atoms with E-state index in [1.54, 1.807) is 0 Å². The average molecular weight is 227 g/mol. The zero-order valence-corrected chi connectivity index (χ0v) is 9.82. The lowest BCUT2D eigenvalue weighted by atomic mass is 10.1. The van der Waals surface area contributed by atoms with Gasteiger partial charge in [-0.25, -0.2) is 0 Å². The second-order valence-electron chi connectivity index (χ2n) is 4.58. The molecule has 0 radical (unpaired) electrons. The number of nitrogens with zero attached hydrogens (tertiary/aromatic N) is 1. The Morgan fingerprint density at radius 3 is 2.94 bits per heavy atom. The number of aromatic nitrogens is 1. The van der Waals surface area contributed by atoms with Crippen LogP contribution in [0.5, 0.6) is 0 Å². The zero-order chi connectivity index (χ0) is 11.5. The van der Waals surface area contributed by atoms with Gasteiger partial charge >= 0.3 is 0 Å². The number of rotatable bonds is 2. The lowest BCUT2D eigenvalue weighted by Gasteiger charge is -2.24. The lowest BCUT2D eigenvalue weighted by molar-refractivity contribution is 0.479. The Balaban J connectivity index is 1.80. The Morgan fingerprint density at radius 1 is 1.18 bits per heavy atom. The molecule has 0 bridgehead atoms. The van der Waals surface area contributed by atoms with Gasteiger partial charge in [-0.2, -0.15) is 0 Å². The van der Waals surface area contributed by atoms with Gasteiger partial charge in [0.1, 0.15) is 0 Å². The number of benzene rings is 1. The third kappa shape index (κ3) is 2.39. The molecule has 1 fully saturated rings. The van der Waals surface area contributed by atoms with Crippen LogP contribution in [0.15, 0.2) is 36.5 Å². The quantitative estimate of drug-likeness (QED) is 0.827. The van der Waals surface area contributed by atoms with Crippen molar-refractivity contribution in [3.05, 3.63) is 36.5 Å². The van der Waals surface area contributed by atoms with Crippen molar-refractivity contribution >= 4 is 16.6 Å². The Morgan fingerprint density at radius 2 is 2.06 bits per heavy atom. The van der Waals surface area contributed by atoms with E-state index < -0.39 is 0 Å². The standard InChI is InChI=1S/C14H17N3/c1-2-11-10-13(3-4-14(11)16-7-1)17-12-5-8-15-9-6-12/h1-4,7,10,12,15,17H,5-6,8-9H2. The summed E-state index contributed by atoms with van der Waals surface area (Å²) in [7, 11) is 0. The molecule has 1 aromatic heterocycles. The predicted molar refractivity (Wildman–Crippen MR) is 71.3 cm³/mol. The summed E-state index contributed by atoms with van der Waals surface area (Å²) in [5.74, 6) is 0. The Bertz CT molecular complexity index is 504. The van der Waals surface area contributed by atoms with Gasteiger partial charge in [-0.1, -0.05) is 6.07 Å². The number of anilines is 1. The van der Waals surface area contributed by atoms with E-state index >= 15 is 0 Å². The van der Waals surface area contributed by atoms with Crippen molar-refractivity contribution in [2.24, 2.45) is 0 Å². The molecular weight excluding hydrogens is 210 g/mol. The SMILES string of the molecule is c1cnc2ccc(NC3CCNCC3)cc2c1. The molecule has 3 rings (SSSR count). The summed E-state index contributed by atoms with van der Waals surface area (Å²) >= 11 is 0. The van der Waals surface area contributed by atoms with Gasteiger partial charge in [-0.3, -0.25) is 4.98 Å². The third-order valence-electron chi connectivity index (χ3n) is 3.31. The van der Waals surface area contributed by atoms with Crippen LogP contribution in [0, 0.1) is 0 Å². The van der Waals surface area contributed by atoms with Crippen molar-refractivity contribution in [2.75, 3.05) is 18.4 Å². The first kappa shape index (κ1) is 10.5. The van der Waals surface area contributed by atoms with Crippen LogP contribution < -0.4 is 10.6 Å². The minimum absolute atomic E-state index is 0.602. The molecule has 0 amide bonds. The van der Waals surface area contributed by atoms with Gasteiger partial charge in [0.2, 0.25) is 0 Å². The smallest absolute Gasteiger partial charge is 0.0703 e. The Labute approximate surface area is 101 Å². The van der Waals surface area contributed by atoms with E-state index in [1.807, 2.05) is 12.3 Å². The highest BCUT2D eigenvalue weighted by Gasteiger charge is 2.12. The first-order valence-corrected chi connectivity index (χ1v) is 6.24. The maximum absolute atomic E-state index is 4.33. The van der Waals surface area contributed by atoms with Crippen LogP contribution in [-0.2, 0) is 0 Å². The van der Waals surface area contributed by atoms with E-state index in [-0.39, 0.29) is 0 Å². The van der Waals surface area contributed by atoms with Gasteiger partial charge in [0.05, 0.1) is 5.52 Å². The molecule has 2 aromatic rings. The summed E-state index contributed by atoms with van der Waals surface area (Å²) in [5.41, 5.74) is 2.26. The number of nitrogens with one attached hydrogen (secondary N) is 2. The number of hydrogen-bond acceptors (Lipinski definition) is 3. The number of pyridine rings is 1. The van der Waals surface area contributed by atoms with Crippen molar-refractivity contribution in [1.82, 2.24) is 10.3 Å². The minimum atomic E-state index is 0.602. The van der Waals surface area contributed by atoms with Gasteiger partial charge in [0.15, 0.2) is 0 Å². The van der Waals surface area contributed by atoms with Crippen LogP contribution >= 0.6 is 0 Å². The summed E-state index contributed by atoms with van der Waals surface area (Å²) in [4.78, 5) is 4.33. The summed E-state index contributed by atoms with van der Waals surface area (Å²) < 4.78 is 0. The number of piperidine rings is 1. The molecule has 0 saturated carbocycles. The molecule has 88 valence electrons. The number of hydrogen-bond donors (Lipinski definition) is 2. The predicted octanol–water partition coefficient (Wildman–Crippen LogP) is 2.40. The molecule has 1 aliphatic rings. The fraction of sp³-hybridized carbons (Fsp3) is 0.357. The van der Waals surface area contributed by atoms with Gasteiger partial charge in [-0.05, 0) is 50.2 Å². The van der Waals surface area contributed by atoms with E-state index in [2.05, 4.69) is 39.9 Å². The van der Waals surface area contributed by atoms with Gasteiger partial charge in [0.25, 0.3) is 0 Å². The van der Waals surface area contributed by atoms with E-state index in [9.17, 15) is 0 Å². The minimum Gasteiger partial charge on any atom is -0.382 e. The zero-order valence-electron chi connectivity index (χ0n) is 9.82. The van der Waals surface area contributed by atoms with E-state index in [4.69, 9.17) is 0 Å². The molecule has 1 aliphatic heterocycles. The fourth-order valence-corrected chi connectivity index (χ4v) is 2.37. The third-order valence-corrected chi connectivity index (χ3v) is 3.31. The molecule has 3 heteroatoms. The van der Waals surface area contributed by atoms with Crippen LogP contribution in [0.4, 0.5) is 5.69 Å². The van der Waals surface area contributed by atoms with Crippen molar-refractivity contribution in [1.29, 1.82) is 0 Å². The molecule has 3 nitrogen and oxygen atoms in total. The van der Waals surface area contributed by atoms with Crippen LogP contribution in [0.1, 0.15) is 12.8 Å². The van der Waals surface area contributed by atoms with Gasteiger partial charge in [0, 0.05) is 23.3 Å². The van der Waals surface area contributed by atoms with Crippen LogP contribution in [-0.4, -0.2) is 24.1 Å². The summed E-state index contributed by atoms with van der Waals surface area (Å²) in [6.07, 6.45) is 4.23. The lowest BCUT2D eigenvalue weighted by Crippen LogP contribution is -2.35. The average Bonchev–Trinajstić information content (AvgIpc) is 2.40. The van der Waals surface area contributed by atoms with Crippen molar-refractivity contribution in [3.8, 4) is 0 Å². The van der Waals surface area contributed by atoms with Gasteiger partial charge in [-0.15, -0.1) is 0 Å². The van der Waals surface area contributed by atoms with Crippen LogP contribution in [0.2, 0.25) is 0 Å². The molecular formula is C14H17N3. The van der Waals surface area contributed by atoms with E-state index in [0.29, 0.717) is 6.04 Å².